The van der Waals surface area contributed by atoms with Crippen LogP contribution < -0.4 is 5.32 Å². The number of rotatable bonds is 5. The Morgan fingerprint density at radius 2 is 1.89 bits per heavy atom. The summed E-state index contributed by atoms with van der Waals surface area (Å²) in [6.45, 7) is 0. The quantitative estimate of drug-likeness (QED) is 0.818. The molecule has 6 heteroatoms. The van der Waals surface area contributed by atoms with Crippen LogP contribution in [-0.2, 0) is 0 Å². The number of nitrogens with one attached hydrogen (secondary N) is 1. The van der Waals surface area contributed by atoms with Crippen LogP contribution in [0.2, 0.25) is 0 Å². The molecule has 5 nitrogen and oxygen atoms in total. The van der Waals surface area contributed by atoms with E-state index in [9.17, 15) is 14.0 Å². The van der Waals surface area contributed by atoms with Crippen LogP contribution in [0.3, 0.4) is 0 Å². The van der Waals surface area contributed by atoms with Crippen molar-refractivity contribution < 1.29 is 14.0 Å². The van der Waals surface area contributed by atoms with Gasteiger partial charge in [-0.1, -0.05) is 18.6 Å². The summed E-state index contributed by atoms with van der Waals surface area (Å²) in [5, 5.41) is 3.15. The van der Waals surface area contributed by atoms with Crippen molar-refractivity contribution in [1.29, 1.82) is 0 Å². The summed E-state index contributed by atoms with van der Waals surface area (Å²) in [4.78, 5) is 33.3. The molecular formula is C21H22FN3O2. The van der Waals surface area contributed by atoms with Crippen molar-refractivity contribution in [1.82, 2.24) is 15.3 Å². The van der Waals surface area contributed by atoms with Gasteiger partial charge < -0.3 is 5.32 Å². The van der Waals surface area contributed by atoms with Gasteiger partial charge in [0, 0.05) is 29.9 Å². The van der Waals surface area contributed by atoms with Crippen LogP contribution >= 0.6 is 0 Å². The maximum absolute atomic E-state index is 13.4. The van der Waals surface area contributed by atoms with E-state index in [1.807, 2.05) is 0 Å². The highest BCUT2D eigenvalue weighted by molar-refractivity contribution is 5.96. The Kier molecular flexibility index (Phi) is 4.50. The molecule has 0 spiro atoms. The first-order chi connectivity index (χ1) is 13.0. The van der Waals surface area contributed by atoms with Gasteiger partial charge in [-0.15, -0.1) is 0 Å². The van der Waals surface area contributed by atoms with Gasteiger partial charge in [0.2, 0.25) is 5.82 Å². The molecule has 140 valence electrons. The molecule has 1 heterocycles. The SMILES string of the molecule is O=C(CC12CCCC(NC(=O)c3ncccn3)(CC1)C2)c1cccc(F)c1. The highest BCUT2D eigenvalue weighted by atomic mass is 19.1. The first kappa shape index (κ1) is 17.8. The normalized spacial score (nSPS) is 26.6. The van der Waals surface area contributed by atoms with Gasteiger partial charge in [-0.25, -0.2) is 14.4 Å². The first-order valence-electron chi connectivity index (χ1n) is 9.38. The molecule has 1 amide bonds. The van der Waals surface area contributed by atoms with E-state index >= 15 is 0 Å². The van der Waals surface area contributed by atoms with Crippen molar-refractivity contribution in [2.24, 2.45) is 5.41 Å². The number of hydrogen-bond donors (Lipinski definition) is 1. The predicted octanol–water partition coefficient (Wildman–Crippen LogP) is 3.71. The van der Waals surface area contributed by atoms with Crippen LogP contribution in [-0.4, -0.2) is 27.2 Å². The molecule has 1 N–H and O–H groups in total. The van der Waals surface area contributed by atoms with Gasteiger partial charge >= 0.3 is 0 Å². The molecule has 1 aromatic carbocycles. The van der Waals surface area contributed by atoms with Gasteiger partial charge in [-0.3, -0.25) is 9.59 Å². The first-order valence-corrected chi connectivity index (χ1v) is 9.38. The van der Waals surface area contributed by atoms with Crippen molar-refractivity contribution in [2.75, 3.05) is 0 Å². The van der Waals surface area contributed by atoms with Gasteiger partial charge in [-0.2, -0.15) is 0 Å². The Balaban J connectivity index is 1.48. The van der Waals surface area contributed by atoms with E-state index in [2.05, 4.69) is 15.3 Å². The Morgan fingerprint density at radius 3 is 2.67 bits per heavy atom. The molecule has 4 rings (SSSR count). The maximum atomic E-state index is 13.4. The molecule has 2 saturated carbocycles. The molecule has 2 aromatic rings. The van der Waals surface area contributed by atoms with E-state index in [4.69, 9.17) is 0 Å². The van der Waals surface area contributed by atoms with Crippen molar-refractivity contribution in [3.8, 4) is 0 Å². The fourth-order valence-corrected chi connectivity index (χ4v) is 4.85. The zero-order chi connectivity index (χ0) is 18.9. The van der Waals surface area contributed by atoms with Crippen molar-refractivity contribution in [3.05, 3.63) is 59.9 Å². The van der Waals surface area contributed by atoms with E-state index in [0.29, 0.717) is 12.0 Å². The third-order valence-corrected chi connectivity index (χ3v) is 6.04. The standard InChI is InChI=1S/C21H22FN3O2/c22-16-5-1-4-15(12-16)17(26)13-20-6-2-7-21(14-20,9-8-20)25-19(27)18-23-10-3-11-24-18/h1,3-5,10-12H,2,6-9,13-14H2,(H,25,27). The van der Waals surface area contributed by atoms with Gasteiger partial charge in [0.05, 0.1) is 0 Å². The number of aromatic nitrogens is 2. The van der Waals surface area contributed by atoms with Crippen LogP contribution in [0.15, 0.2) is 42.7 Å². The highest BCUT2D eigenvalue weighted by Crippen LogP contribution is 2.55. The second-order valence-electron chi connectivity index (χ2n) is 7.95. The highest BCUT2D eigenvalue weighted by Gasteiger charge is 2.52. The largest absolute Gasteiger partial charge is 0.344 e. The molecule has 2 fully saturated rings. The van der Waals surface area contributed by atoms with Crippen LogP contribution in [0.25, 0.3) is 0 Å². The Morgan fingerprint density at radius 1 is 1.07 bits per heavy atom. The second-order valence-corrected chi connectivity index (χ2v) is 7.95. The Labute approximate surface area is 157 Å². The number of hydrogen-bond acceptors (Lipinski definition) is 4. The number of ketones is 1. The number of halogens is 1. The van der Waals surface area contributed by atoms with E-state index in [-0.39, 0.29) is 28.5 Å². The molecule has 2 aliphatic rings. The lowest BCUT2D eigenvalue weighted by Gasteiger charge is -2.39. The topological polar surface area (TPSA) is 72.0 Å². The smallest absolute Gasteiger partial charge is 0.289 e. The summed E-state index contributed by atoms with van der Waals surface area (Å²) < 4.78 is 13.4. The van der Waals surface area contributed by atoms with Gasteiger partial charge in [-0.05, 0) is 55.7 Å². The maximum Gasteiger partial charge on any atom is 0.289 e. The lowest BCUT2D eigenvalue weighted by molar-refractivity contribution is 0.0797. The Bertz CT molecular complexity index is 873. The molecule has 1 aromatic heterocycles. The Hall–Kier alpha value is -2.63. The minimum absolute atomic E-state index is 0.0232. The second kappa shape index (κ2) is 6.83. The minimum atomic E-state index is -0.391. The summed E-state index contributed by atoms with van der Waals surface area (Å²) in [5.41, 5.74) is 0.0117. The lowest BCUT2D eigenvalue weighted by Crippen LogP contribution is -2.49. The van der Waals surface area contributed by atoms with E-state index in [0.717, 1.165) is 38.5 Å². The average Bonchev–Trinajstić information content (AvgIpc) is 2.92. The van der Waals surface area contributed by atoms with Gasteiger partial charge in [0.15, 0.2) is 5.78 Å². The number of carbonyl (C=O) groups is 2. The summed E-state index contributed by atoms with van der Waals surface area (Å²) in [5.74, 6) is -0.502. The number of benzene rings is 1. The molecule has 2 aliphatic carbocycles. The summed E-state index contributed by atoms with van der Waals surface area (Å²) in [6.07, 6.45) is 8.86. The van der Waals surface area contributed by atoms with Crippen LogP contribution in [0, 0.1) is 11.2 Å². The fraction of sp³-hybridized carbons (Fsp3) is 0.429. The zero-order valence-corrected chi connectivity index (χ0v) is 15.1. The summed E-state index contributed by atoms with van der Waals surface area (Å²) in [6, 6.07) is 7.56. The summed E-state index contributed by atoms with van der Waals surface area (Å²) >= 11 is 0. The predicted molar refractivity (Wildman–Crippen MR) is 97.7 cm³/mol. The van der Waals surface area contributed by atoms with Crippen molar-refractivity contribution >= 4 is 11.7 Å². The third-order valence-electron chi connectivity index (χ3n) is 6.04. The molecule has 2 bridgehead atoms. The van der Waals surface area contributed by atoms with E-state index in [1.165, 1.54) is 12.1 Å². The number of fused-ring (bicyclic) bond motifs is 2. The third kappa shape index (κ3) is 3.61. The van der Waals surface area contributed by atoms with Crippen LogP contribution in [0.1, 0.15) is 65.9 Å². The number of amides is 1. The van der Waals surface area contributed by atoms with Crippen LogP contribution in [0.5, 0.6) is 0 Å². The van der Waals surface area contributed by atoms with Gasteiger partial charge in [0.25, 0.3) is 5.91 Å². The average molecular weight is 367 g/mol. The molecule has 0 saturated heterocycles. The molecule has 27 heavy (non-hydrogen) atoms. The van der Waals surface area contributed by atoms with Crippen molar-refractivity contribution in [3.63, 3.8) is 0 Å². The van der Waals surface area contributed by atoms with E-state index < -0.39 is 5.82 Å². The van der Waals surface area contributed by atoms with Gasteiger partial charge in [0.1, 0.15) is 5.82 Å². The molecule has 2 unspecified atom stereocenters. The van der Waals surface area contributed by atoms with Crippen LogP contribution in [0.4, 0.5) is 4.39 Å². The van der Waals surface area contributed by atoms with E-state index in [1.54, 1.807) is 30.6 Å². The molecular weight excluding hydrogens is 345 g/mol. The number of nitrogens with zero attached hydrogens (tertiary/aromatic N) is 2. The number of Topliss-reactive ketones (excluding diaryl/α,β-unsaturated/α-hetero) is 1. The molecule has 2 atom stereocenters. The number of carbonyl (C=O) groups excluding carboxylic acids is 2. The minimum Gasteiger partial charge on any atom is -0.344 e. The zero-order valence-electron chi connectivity index (χ0n) is 15.1. The molecule has 0 radical (unpaired) electrons. The fourth-order valence-electron chi connectivity index (χ4n) is 4.85. The molecule has 0 aliphatic heterocycles. The monoisotopic (exact) mass is 367 g/mol. The van der Waals surface area contributed by atoms with Crippen molar-refractivity contribution in [2.45, 2.75) is 50.5 Å². The lowest BCUT2D eigenvalue weighted by atomic mass is 9.70. The summed E-state index contributed by atoms with van der Waals surface area (Å²) in [7, 11) is 0.